The molecule has 2 atom stereocenters. The summed E-state index contributed by atoms with van der Waals surface area (Å²) in [4.78, 5) is 2.68. The first-order chi connectivity index (χ1) is 8.05. The lowest BCUT2D eigenvalue weighted by Gasteiger charge is -2.28. The molecule has 3 heteroatoms. The van der Waals surface area contributed by atoms with Gasteiger partial charge in [-0.15, -0.1) is 0 Å². The Kier molecular flexibility index (Phi) is 4.79. The van der Waals surface area contributed by atoms with E-state index in [1.807, 2.05) is 0 Å². The van der Waals surface area contributed by atoms with Gasteiger partial charge in [0.15, 0.2) is 0 Å². The highest BCUT2D eigenvalue weighted by Crippen LogP contribution is 2.33. The van der Waals surface area contributed by atoms with Crippen LogP contribution in [0.4, 0.5) is 0 Å². The smallest absolute Gasteiger partial charge is 0.0170 e. The molecule has 0 amide bonds. The molecular formula is C14H28N2S. The number of likely N-dealkylation sites (tertiary alicyclic amines) is 1. The van der Waals surface area contributed by atoms with Crippen molar-refractivity contribution in [2.45, 2.75) is 39.7 Å². The van der Waals surface area contributed by atoms with Crippen LogP contribution in [-0.4, -0.2) is 48.6 Å². The Labute approximate surface area is 111 Å². The highest BCUT2D eigenvalue weighted by molar-refractivity contribution is 7.99. The summed E-state index contributed by atoms with van der Waals surface area (Å²) < 4.78 is 0. The number of hydrogen-bond acceptors (Lipinski definition) is 3. The maximum Gasteiger partial charge on any atom is 0.0170 e. The van der Waals surface area contributed by atoms with Crippen LogP contribution in [0.25, 0.3) is 0 Å². The Hall–Kier alpha value is 0.270. The van der Waals surface area contributed by atoms with Gasteiger partial charge in [-0.25, -0.2) is 0 Å². The maximum absolute atomic E-state index is 3.64. The molecule has 2 aliphatic rings. The Balaban J connectivity index is 1.67. The normalized spacial score (nSPS) is 31.9. The van der Waals surface area contributed by atoms with E-state index >= 15 is 0 Å². The summed E-state index contributed by atoms with van der Waals surface area (Å²) in [7, 11) is 0. The Morgan fingerprint density at radius 3 is 2.76 bits per heavy atom. The molecule has 0 aliphatic carbocycles. The second-order valence-electron chi connectivity index (χ2n) is 6.67. The third kappa shape index (κ3) is 4.15. The Morgan fingerprint density at radius 2 is 2.18 bits per heavy atom. The minimum Gasteiger partial charge on any atom is -0.312 e. The van der Waals surface area contributed by atoms with E-state index in [-0.39, 0.29) is 0 Å². The third-order valence-electron chi connectivity index (χ3n) is 4.29. The van der Waals surface area contributed by atoms with E-state index in [0.29, 0.717) is 5.41 Å². The summed E-state index contributed by atoms with van der Waals surface area (Å²) in [5.41, 5.74) is 0.494. The molecule has 0 radical (unpaired) electrons. The van der Waals surface area contributed by atoms with Crippen LogP contribution in [0.3, 0.4) is 0 Å². The monoisotopic (exact) mass is 256 g/mol. The standard InChI is InChI=1S/C14H28N2S/c1-14(2,3)12-4-7-16(10-12)8-5-13-11-17-9-6-15-13/h12-13,15H,4-11H2,1-3H3. The fraction of sp³-hybridized carbons (Fsp3) is 1.00. The fourth-order valence-electron chi connectivity index (χ4n) is 2.89. The molecule has 2 unspecified atom stereocenters. The average Bonchev–Trinajstić information content (AvgIpc) is 2.76. The van der Waals surface area contributed by atoms with Gasteiger partial charge in [-0.1, -0.05) is 20.8 Å². The molecule has 0 aromatic rings. The van der Waals surface area contributed by atoms with Gasteiger partial charge >= 0.3 is 0 Å². The molecule has 2 fully saturated rings. The molecule has 0 aromatic heterocycles. The minimum atomic E-state index is 0.494. The molecule has 2 heterocycles. The second-order valence-corrected chi connectivity index (χ2v) is 7.82. The van der Waals surface area contributed by atoms with Crippen molar-refractivity contribution in [2.75, 3.05) is 37.7 Å². The van der Waals surface area contributed by atoms with Crippen LogP contribution in [0.5, 0.6) is 0 Å². The van der Waals surface area contributed by atoms with Crippen LogP contribution in [0.1, 0.15) is 33.6 Å². The largest absolute Gasteiger partial charge is 0.312 e. The lowest BCUT2D eigenvalue weighted by Crippen LogP contribution is -2.40. The molecule has 1 N–H and O–H groups in total. The van der Waals surface area contributed by atoms with Gasteiger partial charge in [0.05, 0.1) is 0 Å². The highest BCUT2D eigenvalue weighted by atomic mass is 32.2. The zero-order valence-corrected chi connectivity index (χ0v) is 12.5. The lowest BCUT2D eigenvalue weighted by molar-refractivity contribution is 0.225. The van der Waals surface area contributed by atoms with Crippen LogP contribution in [0.2, 0.25) is 0 Å². The van der Waals surface area contributed by atoms with Gasteiger partial charge in [0.25, 0.3) is 0 Å². The van der Waals surface area contributed by atoms with Crippen molar-refractivity contribution < 1.29 is 0 Å². The molecule has 2 rings (SSSR count). The van der Waals surface area contributed by atoms with Gasteiger partial charge in [0.2, 0.25) is 0 Å². The lowest BCUT2D eigenvalue weighted by atomic mass is 9.80. The third-order valence-corrected chi connectivity index (χ3v) is 5.42. The van der Waals surface area contributed by atoms with E-state index in [9.17, 15) is 0 Å². The van der Waals surface area contributed by atoms with Crippen molar-refractivity contribution in [1.82, 2.24) is 10.2 Å². The number of thioether (sulfide) groups is 1. The van der Waals surface area contributed by atoms with Crippen LogP contribution < -0.4 is 5.32 Å². The quantitative estimate of drug-likeness (QED) is 0.835. The van der Waals surface area contributed by atoms with Gasteiger partial charge in [-0.05, 0) is 37.3 Å². The van der Waals surface area contributed by atoms with Crippen molar-refractivity contribution in [3.05, 3.63) is 0 Å². The van der Waals surface area contributed by atoms with Crippen molar-refractivity contribution in [2.24, 2.45) is 11.3 Å². The molecule has 0 bridgehead atoms. The summed E-state index contributed by atoms with van der Waals surface area (Å²) in [6.07, 6.45) is 2.74. The molecule has 2 saturated heterocycles. The molecule has 17 heavy (non-hydrogen) atoms. The van der Waals surface area contributed by atoms with Crippen molar-refractivity contribution in [1.29, 1.82) is 0 Å². The average molecular weight is 256 g/mol. The van der Waals surface area contributed by atoms with E-state index in [1.54, 1.807) is 0 Å². The number of hydrogen-bond donors (Lipinski definition) is 1. The van der Waals surface area contributed by atoms with E-state index in [2.05, 4.69) is 42.7 Å². The molecular weight excluding hydrogens is 228 g/mol. The van der Waals surface area contributed by atoms with E-state index < -0.39 is 0 Å². The first kappa shape index (κ1) is 13.7. The summed E-state index contributed by atoms with van der Waals surface area (Å²) >= 11 is 2.11. The maximum atomic E-state index is 3.64. The zero-order valence-electron chi connectivity index (χ0n) is 11.7. The predicted octanol–water partition coefficient (Wildman–Crippen LogP) is 2.45. The second kappa shape index (κ2) is 5.94. The molecule has 0 saturated carbocycles. The van der Waals surface area contributed by atoms with Crippen LogP contribution >= 0.6 is 11.8 Å². The first-order valence-electron chi connectivity index (χ1n) is 7.09. The van der Waals surface area contributed by atoms with Gasteiger partial charge in [0.1, 0.15) is 0 Å². The van der Waals surface area contributed by atoms with Crippen molar-refractivity contribution in [3.8, 4) is 0 Å². The van der Waals surface area contributed by atoms with Gasteiger partial charge in [-0.2, -0.15) is 11.8 Å². The van der Waals surface area contributed by atoms with Gasteiger partial charge < -0.3 is 10.2 Å². The van der Waals surface area contributed by atoms with Crippen LogP contribution in [0.15, 0.2) is 0 Å². The van der Waals surface area contributed by atoms with Crippen molar-refractivity contribution in [3.63, 3.8) is 0 Å². The first-order valence-corrected chi connectivity index (χ1v) is 8.24. The topological polar surface area (TPSA) is 15.3 Å². The van der Waals surface area contributed by atoms with E-state index in [4.69, 9.17) is 0 Å². The van der Waals surface area contributed by atoms with E-state index in [0.717, 1.165) is 12.0 Å². The number of rotatable bonds is 3. The molecule has 0 spiro atoms. The van der Waals surface area contributed by atoms with Crippen LogP contribution in [-0.2, 0) is 0 Å². The number of nitrogens with zero attached hydrogens (tertiary/aromatic N) is 1. The fourth-order valence-corrected chi connectivity index (χ4v) is 3.88. The molecule has 100 valence electrons. The Morgan fingerprint density at radius 1 is 1.35 bits per heavy atom. The minimum absolute atomic E-state index is 0.494. The predicted molar refractivity (Wildman–Crippen MR) is 77.7 cm³/mol. The summed E-state index contributed by atoms with van der Waals surface area (Å²) in [5.74, 6) is 3.51. The number of nitrogens with one attached hydrogen (secondary N) is 1. The Bertz CT molecular complexity index is 231. The van der Waals surface area contributed by atoms with Gasteiger partial charge in [0, 0.05) is 30.6 Å². The SMILES string of the molecule is CC(C)(C)C1CCN(CCC2CSCCN2)C1. The molecule has 2 aliphatic heterocycles. The summed E-state index contributed by atoms with van der Waals surface area (Å²) in [6, 6.07) is 0.766. The zero-order chi connectivity index (χ0) is 12.3. The molecule has 2 nitrogen and oxygen atoms in total. The van der Waals surface area contributed by atoms with Crippen molar-refractivity contribution >= 4 is 11.8 Å². The van der Waals surface area contributed by atoms with Crippen LogP contribution in [0, 0.1) is 11.3 Å². The highest BCUT2D eigenvalue weighted by Gasteiger charge is 2.31. The summed E-state index contributed by atoms with van der Waals surface area (Å²) in [6.45, 7) is 12.3. The summed E-state index contributed by atoms with van der Waals surface area (Å²) in [5, 5.41) is 3.64. The van der Waals surface area contributed by atoms with Gasteiger partial charge in [-0.3, -0.25) is 0 Å². The molecule has 0 aromatic carbocycles. The van der Waals surface area contributed by atoms with E-state index in [1.165, 1.54) is 50.5 Å².